The molecule has 1 aliphatic rings. The smallest absolute Gasteiger partial charge is 0.258 e. The Morgan fingerprint density at radius 1 is 1.23 bits per heavy atom. The van der Waals surface area contributed by atoms with E-state index in [1.807, 2.05) is 63.4 Å². The Balaban J connectivity index is 2.27. The Bertz CT molecular complexity index is 818. The van der Waals surface area contributed by atoms with Gasteiger partial charge in [0.15, 0.2) is 0 Å². The van der Waals surface area contributed by atoms with Crippen molar-refractivity contribution in [2.24, 2.45) is 0 Å². The van der Waals surface area contributed by atoms with Crippen LogP contribution in [-0.2, 0) is 6.54 Å². The molecule has 0 bridgehead atoms. The van der Waals surface area contributed by atoms with Gasteiger partial charge in [-0.25, -0.2) is 0 Å². The van der Waals surface area contributed by atoms with E-state index in [1.54, 1.807) is 4.57 Å². The number of hydrogen-bond donors (Lipinski definition) is 0. The van der Waals surface area contributed by atoms with Gasteiger partial charge in [0, 0.05) is 28.3 Å². The van der Waals surface area contributed by atoms with Crippen molar-refractivity contribution in [1.29, 1.82) is 0 Å². The van der Waals surface area contributed by atoms with Crippen molar-refractivity contribution in [3.8, 4) is 5.75 Å². The molecule has 114 valence electrons. The predicted molar refractivity (Wildman–Crippen MR) is 92.3 cm³/mol. The maximum absolute atomic E-state index is 12.7. The second kappa shape index (κ2) is 5.43. The van der Waals surface area contributed by atoms with E-state index in [0.717, 1.165) is 21.4 Å². The van der Waals surface area contributed by atoms with Gasteiger partial charge in [-0.1, -0.05) is 15.9 Å². The van der Waals surface area contributed by atoms with Crippen molar-refractivity contribution in [1.82, 2.24) is 4.57 Å². The molecular weight excluding hydrogens is 342 g/mol. The fraction of sp³-hybridized carbons (Fsp3) is 0.278. The molecule has 0 atom stereocenters. The fourth-order valence-electron chi connectivity index (χ4n) is 2.75. The molecule has 3 rings (SSSR count). The molecule has 0 spiro atoms. The number of rotatable bonds is 2. The topological polar surface area (TPSA) is 31.2 Å². The number of ether oxygens (including phenoxy) is 1. The molecule has 1 aromatic heterocycles. The number of fused-ring (bicyclic) bond motifs is 1. The minimum absolute atomic E-state index is 0.0277. The average Bonchev–Trinajstić information content (AvgIpc) is 2.47. The van der Waals surface area contributed by atoms with Crippen LogP contribution in [0.4, 0.5) is 0 Å². The zero-order chi connectivity index (χ0) is 15.9. The second-order valence-electron chi connectivity index (χ2n) is 5.92. The molecule has 0 N–H and O–H groups in total. The Hall–Kier alpha value is -1.81. The normalized spacial score (nSPS) is 15.7. The standard InChI is InChI=1S/C18H18BrNO2/c1-4-20-9-5-6-13(17(20)21)15-11-18(2,3)22-16-8-7-12(19)10-14(15)16/h5-11H,4H2,1-3H3. The van der Waals surface area contributed by atoms with E-state index in [-0.39, 0.29) is 5.56 Å². The van der Waals surface area contributed by atoms with Gasteiger partial charge in [0.25, 0.3) is 5.56 Å². The number of pyridine rings is 1. The Kier molecular flexibility index (Phi) is 3.73. The zero-order valence-electron chi connectivity index (χ0n) is 12.9. The van der Waals surface area contributed by atoms with Gasteiger partial charge in [-0.15, -0.1) is 0 Å². The maximum Gasteiger partial charge on any atom is 0.258 e. The highest BCUT2D eigenvalue weighted by molar-refractivity contribution is 9.10. The maximum atomic E-state index is 12.7. The van der Waals surface area contributed by atoms with Crippen molar-refractivity contribution < 1.29 is 4.74 Å². The van der Waals surface area contributed by atoms with Crippen molar-refractivity contribution in [3.05, 3.63) is 68.6 Å². The number of aromatic nitrogens is 1. The summed E-state index contributed by atoms with van der Waals surface area (Å²) in [5, 5.41) is 0. The lowest BCUT2D eigenvalue weighted by molar-refractivity contribution is 0.158. The molecule has 3 nitrogen and oxygen atoms in total. The molecule has 0 fully saturated rings. The van der Waals surface area contributed by atoms with Gasteiger partial charge in [0.2, 0.25) is 0 Å². The first-order chi connectivity index (χ1) is 10.4. The Morgan fingerprint density at radius 2 is 2.00 bits per heavy atom. The van der Waals surface area contributed by atoms with E-state index in [0.29, 0.717) is 12.1 Å². The van der Waals surface area contributed by atoms with Crippen LogP contribution >= 0.6 is 15.9 Å². The van der Waals surface area contributed by atoms with Crippen molar-refractivity contribution in [2.75, 3.05) is 0 Å². The highest BCUT2D eigenvalue weighted by Gasteiger charge is 2.28. The van der Waals surface area contributed by atoms with Gasteiger partial charge in [0.1, 0.15) is 11.4 Å². The van der Waals surface area contributed by atoms with Gasteiger partial charge in [-0.2, -0.15) is 0 Å². The average molecular weight is 360 g/mol. The van der Waals surface area contributed by atoms with E-state index in [1.165, 1.54) is 0 Å². The quantitative estimate of drug-likeness (QED) is 0.803. The third kappa shape index (κ3) is 2.63. The lowest BCUT2D eigenvalue weighted by Crippen LogP contribution is -2.31. The van der Waals surface area contributed by atoms with Crippen LogP contribution in [0.5, 0.6) is 5.75 Å². The van der Waals surface area contributed by atoms with Crippen LogP contribution in [0.2, 0.25) is 0 Å². The first-order valence-electron chi connectivity index (χ1n) is 7.33. The highest BCUT2D eigenvalue weighted by Crippen LogP contribution is 2.39. The largest absolute Gasteiger partial charge is 0.483 e. The molecule has 22 heavy (non-hydrogen) atoms. The molecule has 1 aromatic carbocycles. The zero-order valence-corrected chi connectivity index (χ0v) is 14.5. The fourth-order valence-corrected chi connectivity index (χ4v) is 3.11. The molecule has 2 aromatic rings. The van der Waals surface area contributed by atoms with E-state index in [4.69, 9.17) is 4.74 Å². The molecule has 0 unspecified atom stereocenters. The van der Waals surface area contributed by atoms with Crippen molar-refractivity contribution in [2.45, 2.75) is 32.9 Å². The van der Waals surface area contributed by atoms with Gasteiger partial charge in [-0.3, -0.25) is 4.79 Å². The second-order valence-corrected chi connectivity index (χ2v) is 6.83. The molecule has 0 saturated heterocycles. The monoisotopic (exact) mass is 359 g/mol. The third-order valence-electron chi connectivity index (χ3n) is 3.75. The summed E-state index contributed by atoms with van der Waals surface area (Å²) in [4.78, 5) is 12.7. The Labute approximate surface area is 138 Å². The first-order valence-corrected chi connectivity index (χ1v) is 8.12. The summed E-state index contributed by atoms with van der Waals surface area (Å²) in [6.45, 7) is 6.63. The number of benzene rings is 1. The van der Waals surface area contributed by atoms with Crippen LogP contribution in [0.3, 0.4) is 0 Å². The molecule has 2 heterocycles. The molecular formula is C18H18BrNO2. The molecule has 0 saturated carbocycles. The van der Waals surface area contributed by atoms with Crippen LogP contribution in [0.1, 0.15) is 31.9 Å². The first kappa shape index (κ1) is 15.1. The third-order valence-corrected chi connectivity index (χ3v) is 4.24. The minimum Gasteiger partial charge on any atom is -0.483 e. The SMILES string of the molecule is CCn1cccc(C2=CC(C)(C)Oc3ccc(Br)cc32)c1=O. The summed E-state index contributed by atoms with van der Waals surface area (Å²) < 4.78 is 8.70. The number of halogens is 1. The summed E-state index contributed by atoms with van der Waals surface area (Å²) in [6, 6.07) is 9.69. The molecule has 0 amide bonds. The molecule has 0 radical (unpaired) electrons. The van der Waals surface area contributed by atoms with Crippen LogP contribution in [0.15, 0.2) is 51.9 Å². The van der Waals surface area contributed by atoms with Gasteiger partial charge in [-0.05, 0) is 62.8 Å². The molecule has 4 heteroatoms. The van der Waals surface area contributed by atoms with Crippen LogP contribution in [0.25, 0.3) is 5.57 Å². The van der Waals surface area contributed by atoms with Gasteiger partial charge >= 0.3 is 0 Å². The summed E-state index contributed by atoms with van der Waals surface area (Å²) in [7, 11) is 0. The van der Waals surface area contributed by atoms with E-state index in [9.17, 15) is 4.79 Å². The van der Waals surface area contributed by atoms with Crippen molar-refractivity contribution >= 4 is 21.5 Å². The Morgan fingerprint density at radius 3 is 2.73 bits per heavy atom. The summed E-state index contributed by atoms with van der Waals surface area (Å²) in [5.41, 5.74) is 2.16. The minimum atomic E-state index is -0.449. The van der Waals surface area contributed by atoms with E-state index >= 15 is 0 Å². The number of nitrogens with zero attached hydrogens (tertiary/aromatic N) is 1. The lowest BCUT2D eigenvalue weighted by Gasteiger charge is -2.31. The van der Waals surface area contributed by atoms with Crippen LogP contribution < -0.4 is 10.3 Å². The summed E-state index contributed by atoms with van der Waals surface area (Å²) >= 11 is 3.50. The van der Waals surface area contributed by atoms with Crippen LogP contribution in [0, 0.1) is 0 Å². The summed E-state index contributed by atoms with van der Waals surface area (Å²) in [5.74, 6) is 0.803. The van der Waals surface area contributed by atoms with E-state index < -0.39 is 5.60 Å². The number of hydrogen-bond acceptors (Lipinski definition) is 2. The highest BCUT2D eigenvalue weighted by atomic mass is 79.9. The summed E-state index contributed by atoms with van der Waals surface area (Å²) in [6.07, 6.45) is 3.84. The van der Waals surface area contributed by atoms with Crippen LogP contribution in [-0.4, -0.2) is 10.2 Å². The van der Waals surface area contributed by atoms with Crippen molar-refractivity contribution in [3.63, 3.8) is 0 Å². The van der Waals surface area contributed by atoms with Gasteiger partial charge in [0.05, 0.1) is 0 Å². The lowest BCUT2D eigenvalue weighted by atomic mass is 9.90. The predicted octanol–water partition coefficient (Wildman–Crippen LogP) is 4.23. The molecule has 0 aliphatic carbocycles. The molecule has 1 aliphatic heterocycles. The number of aryl methyl sites for hydroxylation is 1. The van der Waals surface area contributed by atoms with Gasteiger partial charge < -0.3 is 9.30 Å². The van der Waals surface area contributed by atoms with E-state index in [2.05, 4.69) is 15.9 Å².